The summed E-state index contributed by atoms with van der Waals surface area (Å²) in [5.41, 5.74) is 1.87. The molecule has 1 N–H and O–H groups in total. The monoisotopic (exact) mass is 527 g/mol. The first-order chi connectivity index (χ1) is 17.8. The summed E-state index contributed by atoms with van der Waals surface area (Å²) in [4.78, 5) is 15.0. The molecular formula is C26H27F2N5O3S. The number of carbonyl (C=O) groups is 1. The molecule has 1 aliphatic heterocycles. The molecule has 0 saturated heterocycles. The van der Waals surface area contributed by atoms with Crippen molar-refractivity contribution in [2.75, 3.05) is 24.5 Å². The number of halogens is 2. The van der Waals surface area contributed by atoms with Crippen molar-refractivity contribution < 1.29 is 22.0 Å². The number of pyridine rings is 1. The standard InChI is InChI=1S/C26H27F2N5O3S/c27-19-7-8-23(28)21(12-19)24-2-1-10-32(24)20-9-11-33-25(13-20)22(14-29-33)26(34)30-37(35,36)31(15-17-3-4-17)16-18-5-6-18/h2,7-9,11-14,17-18H,1,3-6,10,15-16H2,(H,30,34). The van der Waals surface area contributed by atoms with Crippen molar-refractivity contribution in [3.05, 3.63) is 71.6 Å². The van der Waals surface area contributed by atoms with Crippen molar-refractivity contribution in [1.82, 2.24) is 18.6 Å². The van der Waals surface area contributed by atoms with Crippen molar-refractivity contribution in [3.63, 3.8) is 0 Å². The Morgan fingerprint density at radius 3 is 2.51 bits per heavy atom. The molecule has 37 heavy (non-hydrogen) atoms. The molecule has 3 aromatic rings. The lowest BCUT2D eigenvalue weighted by Gasteiger charge is -2.23. The zero-order chi connectivity index (χ0) is 25.7. The Labute approximate surface area is 213 Å². The summed E-state index contributed by atoms with van der Waals surface area (Å²) < 4.78 is 59.7. The Balaban J connectivity index is 1.27. The fourth-order valence-corrected chi connectivity index (χ4v) is 6.06. The molecule has 0 spiro atoms. The Morgan fingerprint density at radius 1 is 1.08 bits per heavy atom. The lowest BCUT2D eigenvalue weighted by atomic mass is 10.1. The Kier molecular flexibility index (Phi) is 5.99. The topological polar surface area (TPSA) is 87.0 Å². The zero-order valence-electron chi connectivity index (χ0n) is 20.1. The maximum absolute atomic E-state index is 14.5. The van der Waals surface area contributed by atoms with Crippen LogP contribution in [0, 0.1) is 23.5 Å². The van der Waals surface area contributed by atoms with Gasteiger partial charge in [-0.3, -0.25) is 4.79 Å². The van der Waals surface area contributed by atoms with Crippen LogP contribution in [0.15, 0.2) is 48.8 Å². The third kappa shape index (κ3) is 4.97. The quantitative estimate of drug-likeness (QED) is 0.455. The van der Waals surface area contributed by atoms with E-state index in [1.165, 1.54) is 15.0 Å². The molecule has 2 saturated carbocycles. The molecule has 1 aromatic carbocycles. The molecule has 2 aliphatic carbocycles. The summed E-state index contributed by atoms with van der Waals surface area (Å²) in [5.74, 6) is -1.10. The second-order valence-corrected chi connectivity index (χ2v) is 11.7. The number of amides is 1. The van der Waals surface area contributed by atoms with Crippen LogP contribution in [0.3, 0.4) is 0 Å². The molecule has 194 valence electrons. The first-order valence-electron chi connectivity index (χ1n) is 12.5. The van der Waals surface area contributed by atoms with E-state index in [4.69, 9.17) is 0 Å². The average Bonchev–Trinajstić information content (AvgIpc) is 3.77. The second kappa shape index (κ2) is 9.21. The van der Waals surface area contributed by atoms with Crippen LogP contribution in [0.1, 0.15) is 48.0 Å². The van der Waals surface area contributed by atoms with E-state index in [9.17, 15) is 22.0 Å². The van der Waals surface area contributed by atoms with Crippen LogP contribution in [-0.4, -0.2) is 47.9 Å². The largest absolute Gasteiger partial charge is 0.341 e. The highest BCUT2D eigenvalue weighted by Crippen LogP contribution is 2.35. The van der Waals surface area contributed by atoms with Crippen LogP contribution >= 0.6 is 0 Å². The van der Waals surface area contributed by atoms with Gasteiger partial charge in [-0.2, -0.15) is 17.8 Å². The fourth-order valence-electron chi connectivity index (χ4n) is 4.77. The molecule has 3 aliphatic rings. The van der Waals surface area contributed by atoms with E-state index in [0.717, 1.165) is 43.9 Å². The van der Waals surface area contributed by atoms with Crippen LogP contribution in [-0.2, 0) is 10.2 Å². The maximum Gasteiger partial charge on any atom is 0.304 e. The minimum absolute atomic E-state index is 0.116. The highest BCUT2D eigenvalue weighted by molar-refractivity contribution is 7.87. The number of nitrogens with zero attached hydrogens (tertiary/aromatic N) is 4. The van der Waals surface area contributed by atoms with Gasteiger partial charge >= 0.3 is 10.2 Å². The molecule has 3 heterocycles. The van der Waals surface area contributed by atoms with Crippen LogP contribution in [0.2, 0.25) is 0 Å². The number of nitrogens with one attached hydrogen (secondary N) is 1. The van der Waals surface area contributed by atoms with Gasteiger partial charge in [0.2, 0.25) is 0 Å². The molecule has 6 rings (SSSR count). The zero-order valence-corrected chi connectivity index (χ0v) is 20.9. The van der Waals surface area contributed by atoms with Gasteiger partial charge in [-0.1, -0.05) is 6.08 Å². The minimum Gasteiger partial charge on any atom is -0.341 e. The van der Waals surface area contributed by atoms with Crippen molar-refractivity contribution in [3.8, 4) is 0 Å². The van der Waals surface area contributed by atoms with E-state index in [2.05, 4.69) is 9.82 Å². The van der Waals surface area contributed by atoms with E-state index in [1.807, 2.05) is 11.0 Å². The smallest absolute Gasteiger partial charge is 0.304 e. The Bertz CT molecular complexity index is 1500. The number of fused-ring (bicyclic) bond motifs is 1. The van der Waals surface area contributed by atoms with Gasteiger partial charge in [-0.25, -0.2) is 18.0 Å². The van der Waals surface area contributed by atoms with E-state index in [1.54, 1.807) is 18.3 Å². The molecular weight excluding hydrogens is 500 g/mol. The van der Waals surface area contributed by atoms with Gasteiger partial charge in [0.05, 0.1) is 17.3 Å². The van der Waals surface area contributed by atoms with Gasteiger partial charge < -0.3 is 4.90 Å². The third-order valence-electron chi connectivity index (χ3n) is 7.13. The lowest BCUT2D eigenvalue weighted by Crippen LogP contribution is -2.45. The fraction of sp³-hybridized carbons (Fsp3) is 0.385. The number of benzene rings is 1. The normalized spacial score (nSPS) is 18.0. The third-order valence-corrected chi connectivity index (χ3v) is 8.55. The van der Waals surface area contributed by atoms with Crippen LogP contribution in [0.4, 0.5) is 14.5 Å². The van der Waals surface area contributed by atoms with Crippen molar-refractivity contribution in [2.45, 2.75) is 32.1 Å². The number of aromatic nitrogens is 2. The Hall–Kier alpha value is -3.31. The minimum atomic E-state index is -4.01. The van der Waals surface area contributed by atoms with Crippen molar-refractivity contribution in [1.29, 1.82) is 0 Å². The first kappa shape index (κ1) is 24.1. The van der Waals surface area contributed by atoms with Crippen LogP contribution in [0.5, 0.6) is 0 Å². The molecule has 0 atom stereocenters. The molecule has 11 heteroatoms. The second-order valence-electron chi connectivity index (χ2n) is 10.1. The summed E-state index contributed by atoms with van der Waals surface area (Å²) >= 11 is 0. The van der Waals surface area contributed by atoms with E-state index >= 15 is 0 Å². The number of rotatable bonds is 9. The predicted molar refractivity (Wildman–Crippen MR) is 135 cm³/mol. The summed E-state index contributed by atoms with van der Waals surface area (Å²) in [7, 11) is -4.01. The summed E-state index contributed by atoms with van der Waals surface area (Å²) in [6, 6.07) is 6.81. The molecule has 1 amide bonds. The average molecular weight is 528 g/mol. The maximum atomic E-state index is 14.5. The highest BCUT2D eigenvalue weighted by Gasteiger charge is 2.36. The van der Waals surface area contributed by atoms with E-state index < -0.39 is 27.8 Å². The Morgan fingerprint density at radius 2 is 1.81 bits per heavy atom. The number of hydrogen-bond donors (Lipinski definition) is 1. The van der Waals surface area contributed by atoms with Gasteiger partial charge in [0.25, 0.3) is 5.91 Å². The van der Waals surface area contributed by atoms with Crippen molar-refractivity contribution in [2.24, 2.45) is 11.8 Å². The van der Waals surface area contributed by atoms with Gasteiger partial charge in [-0.05, 0) is 74.3 Å². The molecule has 0 bridgehead atoms. The van der Waals surface area contributed by atoms with E-state index in [0.29, 0.717) is 54.8 Å². The molecule has 2 fully saturated rings. The highest BCUT2D eigenvalue weighted by atomic mass is 32.2. The molecule has 2 aromatic heterocycles. The molecule has 8 nitrogen and oxygen atoms in total. The SMILES string of the molecule is O=C(NS(=O)(=O)N(CC1CC1)CC1CC1)c1cnn2ccc(N3CCC=C3c3cc(F)ccc3F)cc12. The first-order valence-corrected chi connectivity index (χ1v) is 14.0. The summed E-state index contributed by atoms with van der Waals surface area (Å²) in [6.07, 6.45) is 9.50. The lowest BCUT2D eigenvalue weighted by molar-refractivity contribution is 0.0980. The number of hydrogen-bond acceptors (Lipinski definition) is 5. The van der Waals surface area contributed by atoms with Crippen molar-refractivity contribution >= 4 is 33.0 Å². The predicted octanol–water partition coefficient (Wildman–Crippen LogP) is 3.96. The van der Waals surface area contributed by atoms with Gasteiger partial charge in [0, 0.05) is 42.8 Å². The number of anilines is 1. The van der Waals surface area contributed by atoms with E-state index in [-0.39, 0.29) is 11.1 Å². The van der Waals surface area contributed by atoms with Crippen LogP contribution < -0.4 is 9.62 Å². The van der Waals surface area contributed by atoms with Gasteiger partial charge in [0.15, 0.2) is 0 Å². The van der Waals surface area contributed by atoms with Gasteiger partial charge in [0.1, 0.15) is 11.6 Å². The van der Waals surface area contributed by atoms with Gasteiger partial charge in [-0.15, -0.1) is 0 Å². The van der Waals surface area contributed by atoms with Crippen LogP contribution in [0.25, 0.3) is 11.2 Å². The summed E-state index contributed by atoms with van der Waals surface area (Å²) in [6.45, 7) is 1.40. The molecule has 0 unspecified atom stereocenters. The number of carbonyl (C=O) groups excluding carboxylic acids is 1. The summed E-state index contributed by atoms with van der Waals surface area (Å²) in [5, 5.41) is 4.21. The molecule has 0 radical (unpaired) electrons.